The van der Waals surface area contributed by atoms with Crippen LogP contribution in [-0.2, 0) is 4.79 Å². The molecular weight excluding hydrogens is 464 g/mol. The first kappa shape index (κ1) is 21.8. The van der Waals surface area contributed by atoms with E-state index in [2.05, 4.69) is 20.9 Å². The fourth-order valence-electron chi connectivity index (χ4n) is 3.05. The summed E-state index contributed by atoms with van der Waals surface area (Å²) in [4.78, 5) is 30.5. The highest BCUT2D eigenvalue weighted by molar-refractivity contribution is 9.10. The lowest BCUT2D eigenvalue weighted by molar-refractivity contribution is -0.112. The van der Waals surface area contributed by atoms with Crippen molar-refractivity contribution in [1.29, 1.82) is 5.26 Å². The Balaban J connectivity index is 2.11. The Hall–Kier alpha value is -2.89. The second kappa shape index (κ2) is 9.28. The molecule has 3 rings (SSSR count). The van der Waals surface area contributed by atoms with E-state index in [0.29, 0.717) is 16.1 Å². The summed E-state index contributed by atoms with van der Waals surface area (Å²) in [5.41, 5.74) is 7.03. The third-order valence-corrected chi connectivity index (χ3v) is 6.06. The molecule has 0 aliphatic rings. The van der Waals surface area contributed by atoms with Crippen LogP contribution in [0.15, 0.2) is 74.2 Å². The SMILES string of the molecule is C/C(N)=C(/C#N)C(=O)CSc1nc2ccc(Br)cc2c(=O)n1C(C)c1ccccc1. The van der Waals surface area contributed by atoms with Gasteiger partial charge in [-0.2, -0.15) is 5.26 Å². The Morgan fingerprint density at radius 3 is 2.63 bits per heavy atom. The summed E-state index contributed by atoms with van der Waals surface area (Å²) < 4.78 is 2.37. The van der Waals surface area contributed by atoms with Gasteiger partial charge < -0.3 is 5.73 Å². The van der Waals surface area contributed by atoms with Crippen LogP contribution in [0.2, 0.25) is 0 Å². The lowest BCUT2D eigenvalue weighted by Crippen LogP contribution is -2.27. The van der Waals surface area contributed by atoms with Gasteiger partial charge in [-0.25, -0.2) is 4.98 Å². The Kier molecular flexibility index (Phi) is 6.75. The van der Waals surface area contributed by atoms with Crippen molar-refractivity contribution < 1.29 is 4.79 Å². The maximum atomic E-state index is 13.4. The molecule has 0 saturated carbocycles. The van der Waals surface area contributed by atoms with Crippen molar-refractivity contribution >= 4 is 44.4 Å². The third-order valence-electron chi connectivity index (χ3n) is 4.62. The highest BCUT2D eigenvalue weighted by atomic mass is 79.9. The lowest BCUT2D eigenvalue weighted by atomic mass is 10.1. The molecule has 1 atom stereocenters. The number of thioether (sulfide) groups is 1. The molecule has 0 aliphatic carbocycles. The zero-order chi connectivity index (χ0) is 21.8. The van der Waals surface area contributed by atoms with Crippen molar-refractivity contribution in [3.63, 3.8) is 0 Å². The molecule has 152 valence electrons. The molecule has 1 heterocycles. The highest BCUT2D eigenvalue weighted by Crippen LogP contribution is 2.26. The lowest BCUT2D eigenvalue weighted by Gasteiger charge is -2.20. The fourth-order valence-corrected chi connectivity index (χ4v) is 4.36. The number of nitriles is 1. The van der Waals surface area contributed by atoms with Crippen LogP contribution >= 0.6 is 27.7 Å². The second-order valence-corrected chi connectivity index (χ2v) is 8.56. The number of hydrogen-bond donors (Lipinski definition) is 1. The van der Waals surface area contributed by atoms with Crippen molar-refractivity contribution in [1.82, 2.24) is 9.55 Å². The van der Waals surface area contributed by atoms with Gasteiger partial charge in [-0.3, -0.25) is 14.2 Å². The number of allylic oxidation sites excluding steroid dienone is 2. The summed E-state index contributed by atoms with van der Waals surface area (Å²) in [5, 5.41) is 10.1. The van der Waals surface area contributed by atoms with Crippen LogP contribution in [0.4, 0.5) is 0 Å². The van der Waals surface area contributed by atoms with Crippen molar-refractivity contribution in [3.8, 4) is 6.07 Å². The summed E-state index contributed by atoms with van der Waals surface area (Å²) in [7, 11) is 0. The number of benzene rings is 2. The molecule has 0 amide bonds. The predicted molar refractivity (Wildman–Crippen MR) is 122 cm³/mol. The molecule has 0 aliphatic heterocycles. The number of fused-ring (bicyclic) bond motifs is 1. The van der Waals surface area contributed by atoms with Gasteiger partial charge in [-0.05, 0) is 37.6 Å². The van der Waals surface area contributed by atoms with Crippen molar-refractivity contribution in [3.05, 3.63) is 80.2 Å². The third kappa shape index (κ3) is 4.48. The number of nitrogens with two attached hydrogens (primary N) is 1. The Morgan fingerprint density at radius 2 is 2.00 bits per heavy atom. The van der Waals surface area contributed by atoms with Crippen LogP contribution < -0.4 is 11.3 Å². The van der Waals surface area contributed by atoms with Crippen LogP contribution in [0.5, 0.6) is 0 Å². The molecule has 0 spiro atoms. The standard InChI is InChI=1S/C22H19BrN4O2S/c1-13(25)18(11-24)20(28)12-30-22-26-19-9-8-16(23)10-17(19)21(29)27(22)14(2)15-6-4-3-5-7-15/h3-10,14H,12,25H2,1-2H3/b18-13+. The molecule has 0 radical (unpaired) electrons. The van der Waals surface area contributed by atoms with Crippen molar-refractivity contribution in [2.75, 3.05) is 5.75 Å². The van der Waals surface area contributed by atoms with E-state index < -0.39 is 5.78 Å². The number of nitrogens with zero attached hydrogens (tertiary/aromatic N) is 3. The minimum atomic E-state index is -0.397. The van der Waals surface area contributed by atoms with Gasteiger partial charge >= 0.3 is 0 Å². The molecule has 1 unspecified atom stereocenters. The van der Waals surface area contributed by atoms with Crippen LogP contribution in [0.1, 0.15) is 25.5 Å². The Morgan fingerprint density at radius 1 is 1.30 bits per heavy atom. The Labute approximate surface area is 186 Å². The molecule has 3 aromatic rings. The number of halogens is 1. The average Bonchev–Trinajstić information content (AvgIpc) is 2.73. The number of rotatable bonds is 6. The molecular formula is C22H19BrN4O2S. The summed E-state index contributed by atoms with van der Waals surface area (Å²) >= 11 is 4.53. The van der Waals surface area contributed by atoms with Gasteiger partial charge in [0.05, 0.1) is 22.7 Å². The molecule has 2 N–H and O–H groups in total. The topological polar surface area (TPSA) is 102 Å². The Bertz CT molecular complexity index is 1240. The minimum Gasteiger partial charge on any atom is -0.401 e. The number of hydrogen-bond acceptors (Lipinski definition) is 6. The monoisotopic (exact) mass is 482 g/mol. The van der Waals surface area contributed by atoms with Crippen LogP contribution in [0, 0.1) is 11.3 Å². The molecule has 8 heteroatoms. The van der Waals surface area contributed by atoms with Gasteiger partial charge in [-0.1, -0.05) is 58.0 Å². The van der Waals surface area contributed by atoms with Gasteiger partial charge in [0.2, 0.25) is 0 Å². The van der Waals surface area contributed by atoms with E-state index in [9.17, 15) is 14.9 Å². The highest BCUT2D eigenvalue weighted by Gasteiger charge is 2.20. The van der Waals surface area contributed by atoms with Gasteiger partial charge in [-0.15, -0.1) is 0 Å². The molecule has 6 nitrogen and oxygen atoms in total. The summed E-state index contributed by atoms with van der Waals surface area (Å²) in [5.74, 6) is -0.445. The summed E-state index contributed by atoms with van der Waals surface area (Å²) in [6, 6.07) is 16.5. The van der Waals surface area contributed by atoms with Crippen LogP contribution in [0.3, 0.4) is 0 Å². The number of carbonyl (C=O) groups is 1. The predicted octanol–water partition coefficient (Wildman–Crippen LogP) is 4.19. The summed E-state index contributed by atoms with van der Waals surface area (Å²) in [6.07, 6.45) is 0. The van der Waals surface area contributed by atoms with Crippen LogP contribution in [-0.4, -0.2) is 21.1 Å². The van der Waals surface area contributed by atoms with Crippen molar-refractivity contribution in [2.24, 2.45) is 5.73 Å². The zero-order valence-corrected chi connectivity index (χ0v) is 18.8. The normalized spacial score (nSPS) is 12.9. The number of aromatic nitrogens is 2. The fraction of sp³-hybridized carbons (Fsp3) is 0.182. The van der Waals surface area contributed by atoms with Gasteiger partial charge in [0, 0.05) is 10.2 Å². The zero-order valence-electron chi connectivity index (χ0n) is 16.4. The molecule has 0 bridgehead atoms. The first-order chi connectivity index (χ1) is 14.3. The smallest absolute Gasteiger partial charge is 0.262 e. The average molecular weight is 483 g/mol. The first-order valence-electron chi connectivity index (χ1n) is 9.12. The number of Topliss-reactive ketones (excluding diaryl/α,β-unsaturated/α-hetero) is 1. The van der Waals surface area contributed by atoms with E-state index in [-0.39, 0.29) is 28.6 Å². The van der Waals surface area contributed by atoms with E-state index in [1.165, 1.54) is 6.92 Å². The number of carbonyl (C=O) groups excluding carboxylic acids is 1. The van der Waals surface area contributed by atoms with Crippen LogP contribution in [0.25, 0.3) is 10.9 Å². The summed E-state index contributed by atoms with van der Waals surface area (Å²) in [6.45, 7) is 3.43. The van der Waals surface area contributed by atoms with E-state index in [4.69, 9.17) is 5.73 Å². The maximum Gasteiger partial charge on any atom is 0.262 e. The molecule has 2 aromatic carbocycles. The second-order valence-electron chi connectivity index (χ2n) is 6.70. The first-order valence-corrected chi connectivity index (χ1v) is 10.9. The van der Waals surface area contributed by atoms with Gasteiger partial charge in [0.15, 0.2) is 10.9 Å². The van der Waals surface area contributed by atoms with Crippen molar-refractivity contribution in [2.45, 2.75) is 25.0 Å². The van der Waals surface area contributed by atoms with E-state index in [1.54, 1.807) is 16.7 Å². The maximum absolute atomic E-state index is 13.4. The molecule has 30 heavy (non-hydrogen) atoms. The van der Waals surface area contributed by atoms with Gasteiger partial charge in [0.25, 0.3) is 5.56 Å². The van der Waals surface area contributed by atoms with Gasteiger partial charge in [0.1, 0.15) is 11.6 Å². The van der Waals surface area contributed by atoms with E-state index in [0.717, 1.165) is 21.8 Å². The molecule has 0 saturated heterocycles. The minimum absolute atomic E-state index is 0.0482. The number of ketones is 1. The van der Waals surface area contributed by atoms with E-state index in [1.807, 2.05) is 49.4 Å². The molecule has 1 aromatic heterocycles. The quantitative estimate of drug-likeness (QED) is 0.244. The molecule has 0 fully saturated rings. The van der Waals surface area contributed by atoms with E-state index >= 15 is 0 Å². The largest absolute Gasteiger partial charge is 0.401 e.